The van der Waals surface area contributed by atoms with Crippen LogP contribution in [0.5, 0.6) is 0 Å². The third-order valence-electron chi connectivity index (χ3n) is 3.04. The van der Waals surface area contributed by atoms with Gasteiger partial charge in [0.25, 0.3) is 0 Å². The largest absolute Gasteiger partial charge is 0.395 e. The zero-order chi connectivity index (χ0) is 12.0. The molecule has 2 N–H and O–H groups in total. The lowest BCUT2D eigenvalue weighted by molar-refractivity contribution is 0.201. The van der Waals surface area contributed by atoms with E-state index in [4.69, 9.17) is 11.6 Å². The molecule has 3 heteroatoms. The molecule has 1 rings (SSSR count). The van der Waals surface area contributed by atoms with Gasteiger partial charge in [0, 0.05) is 17.6 Å². The van der Waals surface area contributed by atoms with E-state index in [1.807, 2.05) is 24.3 Å². The fraction of sp³-hybridized carbons (Fsp3) is 0.538. The second-order valence-electron chi connectivity index (χ2n) is 4.15. The Morgan fingerprint density at radius 1 is 1.38 bits per heavy atom. The molecule has 0 amide bonds. The van der Waals surface area contributed by atoms with Gasteiger partial charge in [0.05, 0.1) is 6.61 Å². The number of nitrogens with one attached hydrogen (secondary N) is 1. The van der Waals surface area contributed by atoms with E-state index in [0.717, 1.165) is 17.0 Å². The van der Waals surface area contributed by atoms with Crippen molar-refractivity contribution in [3.63, 3.8) is 0 Å². The molecule has 2 nitrogen and oxygen atoms in total. The molecular formula is C13H20ClNO. The highest BCUT2D eigenvalue weighted by atomic mass is 35.5. The molecule has 0 aromatic heterocycles. The Morgan fingerprint density at radius 3 is 2.62 bits per heavy atom. The van der Waals surface area contributed by atoms with Gasteiger partial charge in [0.2, 0.25) is 0 Å². The maximum atomic E-state index is 9.28. The van der Waals surface area contributed by atoms with Crippen LogP contribution in [0.3, 0.4) is 0 Å². The summed E-state index contributed by atoms with van der Waals surface area (Å²) in [4.78, 5) is 0. The second-order valence-corrected chi connectivity index (χ2v) is 4.55. The maximum Gasteiger partial charge on any atom is 0.0587 e. The summed E-state index contributed by atoms with van der Waals surface area (Å²) in [5, 5.41) is 13.4. The molecule has 0 spiro atoms. The van der Waals surface area contributed by atoms with Gasteiger partial charge in [0.15, 0.2) is 0 Å². The van der Waals surface area contributed by atoms with E-state index in [2.05, 4.69) is 19.2 Å². The number of rotatable bonds is 6. The highest BCUT2D eigenvalue weighted by Crippen LogP contribution is 2.15. The Kier molecular flexibility index (Phi) is 5.81. The number of hydrogen-bond donors (Lipinski definition) is 2. The minimum Gasteiger partial charge on any atom is -0.395 e. The van der Waals surface area contributed by atoms with Crippen LogP contribution >= 0.6 is 11.6 Å². The van der Waals surface area contributed by atoms with Gasteiger partial charge in [0.1, 0.15) is 0 Å². The Labute approximate surface area is 103 Å². The van der Waals surface area contributed by atoms with Crippen molar-refractivity contribution >= 4 is 11.6 Å². The summed E-state index contributed by atoms with van der Waals surface area (Å²) in [5.41, 5.74) is 1.07. The van der Waals surface area contributed by atoms with Crippen molar-refractivity contribution in [2.75, 3.05) is 6.61 Å². The van der Waals surface area contributed by atoms with Crippen molar-refractivity contribution in [1.29, 1.82) is 0 Å². The minimum absolute atomic E-state index is 0.140. The molecule has 0 saturated heterocycles. The van der Waals surface area contributed by atoms with Crippen LogP contribution in [0.1, 0.15) is 25.8 Å². The summed E-state index contributed by atoms with van der Waals surface area (Å²) in [7, 11) is 0. The predicted molar refractivity (Wildman–Crippen MR) is 68.6 cm³/mol. The predicted octanol–water partition coefficient (Wildman–Crippen LogP) is 2.84. The topological polar surface area (TPSA) is 32.3 Å². The van der Waals surface area contributed by atoms with Gasteiger partial charge < -0.3 is 10.4 Å². The summed E-state index contributed by atoms with van der Waals surface area (Å²) in [6.45, 7) is 5.14. The number of aliphatic hydroxyl groups is 1. The van der Waals surface area contributed by atoms with Crippen LogP contribution in [0.15, 0.2) is 24.3 Å². The van der Waals surface area contributed by atoms with Gasteiger partial charge in [-0.2, -0.15) is 0 Å². The van der Waals surface area contributed by atoms with Gasteiger partial charge in [-0.1, -0.05) is 50.1 Å². The van der Waals surface area contributed by atoms with Crippen molar-refractivity contribution in [2.24, 2.45) is 5.92 Å². The molecule has 90 valence electrons. The van der Waals surface area contributed by atoms with Crippen LogP contribution in [0.4, 0.5) is 0 Å². The van der Waals surface area contributed by atoms with Crippen molar-refractivity contribution in [1.82, 2.24) is 5.32 Å². The summed E-state index contributed by atoms with van der Waals surface area (Å²) >= 11 is 6.06. The zero-order valence-electron chi connectivity index (χ0n) is 9.91. The Balaban J connectivity index is 2.53. The van der Waals surface area contributed by atoms with Crippen molar-refractivity contribution < 1.29 is 5.11 Å². The van der Waals surface area contributed by atoms with Gasteiger partial charge in [-0.25, -0.2) is 0 Å². The molecule has 1 aromatic rings. The van der Waals surface area contributed by atoms with Crippen LogP contribution in [-0.2, 0) is 6.54 Å². The van der Waals surface area contributed by atoms with Crippen molar-refractivity contribution in [3.05, 3.63) is 34.9 Å². The van der Waals surface area contributed by atoms with Crippen LogP contribution in [-0.4, -0.2) is 17.8 Å². The van der Waals surface area contributed by atoms with Crippen LogP contribution < -0.4 is 5.32 Å². The number of benzene rings is 1. The third kappa shape index (κ3) is 3.78. The van der Waals surface area contributed by atoms with E-state index < -0.39 is 0 Å². The summed E-state index contributed by atoms with van der Waals surface area (Å²) < 4.78 is 0. The molecule has 0 aliphatic heterocycles. The monoisotopic (exact) mass is 241 g/mol. The lowest BCUT2D eigenvalue weighted by atomic mass is 9.99. The van der Waals surface area contributed by atoms with E-state index in [1.165, 1.54) is 0 Å². The number of hydrogen-bond acceptors (Lipinski definition) is 2. The van der Waals surface area contributed by atoms with Gasteiger partial charge in [-0.05, 0) is 17.5 Å². The average Bonchev–Trinajstić information content (AvgIpc) is 2.31. The van der Waals surface area contributed by atoms with Gasteiger partial charge in [-0.3, -0.25) is 0 Å². The quantitative estimate of drug-likeness (QED) is 0.803. The number of halogens is 1. The minimum atomic E-state index is 0.140. The molecule has 0 aliphatic rings. The molecule has 0 bridgehead atoms. The second kappa shape index (κ2) is 6.89. The van der Waals surface area contributed by atoms with E-state index in [-0.39, 0.29) is 12.6 Å². The van der Waals surface area contributed by atoms with Crippen molar-refractivity contribution in [2.45, 2.75) is 32.9 Å². The van der Waals surface area contributed by atoms with Crippen LogP contribution in [0.2, 0.25) is 5.02 Å². The first-order chi connectivity index (χ1) is 7.69. The highest BCUT2D eigenvalue weighted by molar-refractivity contribution is 6.31. The molecule has 0 fully saturated rings. The van der Waals surface area contributed by atoms with Crippen LogP contribution in [0, 0.1) is 5.92 Å². The fourth-order valence-electron chi connectivity index (χ4n) is 1.61. The normalized spacial score (nSPS) is 14.8. The van der Waals surface area contributed by atoms with E-state index >= 15 is 0 Å². The van der Waals surface area contributed by atoms with Gasteiger partial charge >= 0.3 is 0 Å². The highest BCUT2D eigenvalue weighted by Gasteiger charge is 2.14. The molecule has 2 atom stereocenters. The summed E-state index contributed by atoms with van der Waals surface area (Å²) in [6, 6.07) is 7.92. The standard InChI is InChI=1S/C13H20ClNO/c1-3-10(2)13(9-16)15-8-11-6-4-5-7-12(11)14/h4-7,10,13,15-16H,3,8-9H2,1-2H3. The molecule has 0 heterocycles. The Bertz CT molecular complexity index is 317. The van der Waals surface area contributed by atoms with Gasteiger partial charge in [-0.15, -0.1) is 0 Å². The molecule has 0 saturated carbocycles. The summed E-state index contributed by atoms with van der Waals surface area (Å²) in [5.74, 6) is 0.465. The SMILES string of the molecule is CCC(C)C(CO)NCc1ccccc1Cl. The molecule has 2 unspecified atom stereocenters. The average molecular weight is 242 g/mol. The lowest BCUT2D eigenvalue weighted by Gasteiger charge is -2.22. The van der Waals surface area contributed by atoms with E-state index in [1.54, 1.807) is 0 Å². The van der Waals surface area contributed by atoms with Crippen molar-refractivity contribution in [3.8, 4) is 0 Å². The molecule has 16 heavy (non-hydrogen) atoms. The lowest BCUT2D eigenvalue weighted by Crippen LogP contribution is -2.37. The fourth-order valence-corrected chi connectivity index (χ4v) is 1.82. The smallest absolute Gasteiger partial charge is 0.0587 e. The zero-order valence-corrected chi connectivity index (χ0v) is 10.7. The first-order valence-corrected chi connectivity index (χ1v) is 6.14. The first-order valence-electron chi connectivity index (χ1n) is 5.76. The van der Waals surface area contributed by atoms with E-state index in [0.29, 0.717) is 12.5 Å². The number of aliphatic hydroxyl groups excluding tert-OH is 1. The Hall–Kier alpha value is -0.570. The van der Waals surface area contributed by atoms with E-state index in [9.17, 15) is 5.11 Å². The molecular weight excluding hydrogens is 222 g/mol. The first kappa shape index (κ1) is 13.5. The molecule has 0 radical (unpaired) electrons. The maximum absolute atomic E-state index is 9.28. The molecule has 1 aromatic carbocycles. The third-order valence-corrected chi connectivity index (χ3v) is 3.41. The summed E-state index contributed by atoms with van der Waals surface area (Å²) in [6.07, 6.45) is 1.06. The van der Waals surface area contributed by atoms with Crippen LogP contribution in [0.25, 0.3) is 0 Å². The molecule has 0 aliphatic carbocycles. The Morgan fingerprint density at radius 2 is 2.06 bits per heavy atom.